The number of hydrogen-bond acceptors (Lipinski definition) is 4. The summed E-state index contributed by atoms with van der Waals surface area (Å²) in [5.74, 6) is -0.878. The van der Waals surface area contributed by atoms with Crippen molar-refractivity contribution in [2.24, 2.45) is 0 Å². The monoisotopic (exact) mass is 325 g/mol. The molecular weight excluding hydrogens is 311 g/mol. The van der Waals surface area contributed by atoms with Crippen molar-refractivity contribution in [3.05, 3.63) is 53.9 Å². The maximum absolute atomic E-state index is 13.4. The van der Waals surface area contributed by atoms with Gasteiger partial charge in [-0.2, -0.15) is 18.2 Å². The minimum atomic E-state index is -4.62. The van der Waals surface area contributed by atoms with Crippen molar-refractivity contribution in [1.29, 1.82) is 0 Å². The Morgan fingerprint density at radius 2 is 1.87 bits per heavy atom. The van der Waals surface area contributed by atoms with Crippen LogP contribution >= 0.6 is 0 Å². The Labute approximate surface area is 130 Å². The van der Waals surface area contributed by atoms with Crippen LogP contribution in [0.25, 0.3) is 0 Å². The number of hydrogen-bond donors (Lipinski definition) is 0. The second-order valence-electron chi connectivity index (χ2n) is 4.70. The molecule has 122 valence electrons. The van der Waals surface area contributed by atoms with Crippen LogP contribution in [-0.2, 0) is 0 Å². The number of nitrogens with zero attached hydrogens (tertiary/aromatic N) is 3. The SMILES string of the molecule is COc1nccc(C(=O)N(C)C(c2ccccc2)C(F)(F)F)n1. The lowest BCUT2D eigenvalue weighted by Crippen LogP contribution is -2.40. The predicted octanol–water partition coefficient (Wildman–Crippen LogP) is 2.86. The predicted molar refractivity (Wildman–Crippen MR) is 75.9 cm³/mol. The molecule has 0 saturated heterocycles. The van der Waals surface area contributed by atoms with Gasteiger partial charge in [0.1, 0.15) is 5.69 Å². The number of benzene rings is 1. The number of carbonyl (C=O) groups is 1. The molecule has 23 heavy (non-hydrogen) atoms. The van der Waals surface area contributed by atoms with E-state index in [1.807, 2.05) is 0 Å². The lowest BCUT2D eigenvalue weighted by molar-refractivity contribution is -0.176. The van der Waals surface area contributed by atoms with Crippen molar-refractivity contribution in [3.63, 3.8) is 0 Å². The van der Waals surface area contributed by atoms with Crippen LogP contribution in [0.5, 0.6) is 6.01 Å². The third-order valence-corrected chi connectivity index (χ3v) is 3.17. The third kappa shape index (κ3) is 3.77. The van der Waals surface area contributed by atoms with Gasteiger partial charge in [-0.05, 0) is 11.6 Å². The Morgan fingerprint density at radius 1 is 1.22 bits per heavy atom. The molecule has 1 atom stereocenters. The molecule has 1 heterocycles. The molecule has 1 aromatic carbocycles. The number of rotatable bonds is 4. The molecule has 0 saturated carbocycles. The van der Waals surface area contributed by atoms with Gasteiger partial charge in [-0.25, -0.2) is 4.98 Å². The molecule has 0 aliphatic rings. The van der Waals surface area contributed by atoms with E-state index in [1.165, 1.54) is 43.6 Å². The molecule has 0 aliphatic heterocycles. The van der Waals surface area contributed by atoms with Crippen LogP contribution in [0.3, 0.4) is 0 Å². The first-order valence-corrected chi connectivity index (χ1v) is 6.60. The molecule has 8 heteroatoms. The molecule has 2 rings (SSSR count). The zero-order chi connectivity index (χ0) is 17.0. The number of ether oxygens (including phenoxy) is 1. The van der Waals surface area contributed by atoms with Gasteiger partial charge in [0, 0.05) is 13.2 Å². The summed E-state index contributed by atoms with van der Waals surface area (Å²) in [5, 5.41) is 0. The van der Waals surface area contributed by atoms with Crippen LogP contribution in [0.4, 0.5) is 13.2 Å². The summed E-state index contributed by atoms with van der Waals surface area (Å²) in [6.07, 6.45) is -3.37. The maximum atomic E-state index is 13.4. The van der Waals surface area contributed by atoms with Crippen molar-refractivity contribution < 1.29 is 22.7 Å². The van der Waals surface area contributed by atoms with Gasteiger partial charge in [0.25, 0.3) is 5.91 Å². The average molecular weight is 325 g/mol. The molecule has 0 radical (unpaired) electrons. The van der Waals surface area contributed by atoms with Gasteiger partial charge in [-0.15, -0.1) is 0 Å². The van der Waals surface area contributed by atoms with E-state index in [9.17, 15) is 18.0 Å². The second-order valence-corrected chi connectivity index (χ2v) is 4.70. The summed E-state index contributed by atoms with van der Waals surface area (Å²) in [6, 6.07) is 6.30. The lowest BCUT2D eigenvalue weighted by atomic mass is 10.0. The van der Waals surface area contributed by atoms with Crippen molar-refractivity contribution >= 4 is 5.91 Å². The van der Waals surface area contributed by atoms with Gasteiger partial charge in [0.15, 0.2) is 6.04 Å². The topological polar surface area (TPSA) is 55.3 Å². The second kappa shape index (κ2) is 6.64. The van der Waals surface area contributed by atoms with Crippen LogP contribution in [0, 0.1) is 0 Å². The quantitative estimate of drug-likeness (QED) is 0.867. The summed E-state index contributed by atoms with van der Waals surface area (Å²) in [5.41, 5.74) is -0.207. The first-order valence-electron chi connectivity index (χ1n) is 6.60. The van der Waals surface area contributed by atoms with Gasteiger partial charge in [0.05, 0.1) is 7.11 Å². The Morgan fingerprint density at radius 3 is 2.43 bits per heavy atom. The first kappa shape index (κ1) is 16.7. The molecule has 0 bridgehead atoms. The van der Waals surface area contributed by atoms with Gasteiger partial charge < -0.3 is 9.64 Å². The highest BCUT2D eigenvalue weighted by atomic mass is 19.4. The molecule has 5 nitrogen and oxygen atoms in total. The summed E-state index contributed by atoms with van der Waals surface area (Å²) in [4.78, 5) is 20.5. The highest BCUT2D eigenvalue weighted by Crippen LogP contribution is 2.37. The number of amides is 1. The molecule has 1 aromatic heterocycles. The van der Waals surface area contributed by atoms with Crippen molar-refractivity contribution in [2.75, 3.05) is 14.2 Å². The molecule has 0 aliphatic carbocycles. The van der Waals surface area contributed by atoms with E-state index in [-0.39, 0.29) is 17.3 Å². The van der Waals surface area contributed by atoms with Crippen LogP contribution in [0.15, 0.2) is 42.6 Å². The van der Waals surface area contributed by atoms with E-state index < -0.39 is 18.1 Å². The van der Waals surface area contributed by atoms with Gasteiger partial charge in [-0.3, -0.25) is 4.79 Å². The third-order valence-electron chi connectivity index (χ3n) is 3.17. The fraction of sp³-hybridized carbons (Fsp3) is 0.267. The van der Waals surface area contributed by atoms with Crippen LogP contribution in [0.1, 0.15) is 22.1 Å². The molecule has 0 fully saturated rings. The summed E-state index contributed by atoms with van der Waals surface area (Å²) in [6.45, 7) is 0. The van der Waals surface area contributed by atoms with Crippen LogP contribution in [-0.4, -0.2) is 41.1 Å². The van der Waals surface area contributed by atoms with E-state index >= 15 is 0 Å². The average Bonchev–Trinajstić information content (AvgIpc) is 2.54. The van der Waals surface area contributed by atoms with Crippen molar-refractivity contribution in [3.8, 4) is 6.01 Å². The number of carbonyl (C=O) groups excluding carboxylic acids is 1. The number of aromatic nitrogens is 2. The molecule has 0 N–H and O–H groups in total. The smallest absolute Gasteiger partial charge is 0.413 e. The molecular formula is C15H14F3N3O2. The van der Waals surface area contributed by atoms with E-state index in [0.29, 0.717) is 4.90 Å². The standard InChI is InChI=1S/C15H14F3N3O2/c1-21(13(22)11-8-9-19-14(20-11)23-2)12(15(16,17)18)10-6-4-3-5-7-10/h3-9,12H,1-2H3. The fourth-order valence-electron chi connectivity index (χ4n) is 2.12. The maximum Gasteiger partial charge on any atom is 0.413 e. The molecule has 0 spiro atoms. The summed E-state index contributed by atoms with van der Waals surface area (Å²) < 4.78 is 45.1. The van der Waals surface area contributed by atoms with Gasteiger partial charge in [-0.1, -0.05) is 30.3 Å². The zero-order valence-corrected chi connectivity index (χ0v) is 12.4. The minimum Gasteiger partial charge on any atom is -0.467 e. The largest absolute Gasteiger partial charge is 0.467 e. The van der Waals surface area contributed by atoms with Crippen molar-refractivity contribution in [2.45, 2.75) is 12.2 Å². The highest BCUT2D eigenvalue weighted by Gasteiger charge is 2.45. The Kier molecular flexibility index (Phi) is 4.83. The number of halogens is 3. The Bertz CT molecular complexity index is 677. The van der Waals surface area contributed by atoms with Gasteiger partial charge >= 0.3 is 12.2 Å². The van der Waals surface area contributed by atoms with E-state index in [1.54, 1.807) is 6.07 Å². The van der Waals surface area contributed by atoms with Gasteiger partial charge in [0.2, 0.25) is 0 Å². The van der Waals surface area contributed by atoms with E-state index in [4.69, 9.17) is 4.74 Å². The Balaban J connectivity index is 2.37. The van der Waals surface area contributed by atoms with Crippen LogP contribution < -0.4 is 4.74 Å². The normalized spacial score (nSPS) is 12.6. The highest BCUT2D eigenvalue weighted by molar-refractivity contribution is 5.92. The van der Waals surface area contributed by atoms with E-state index in [2.05, 4.69) is 9.97 Å². The molecule has 2 aromatic rings. The van der Waals surface area contributed by atoms with Crippen molar-refractivity contribution in [1.82, 2.24) is 14.9 Å². The summed E-state index contributed by atoms with van der Waals surface area (Å²) in [7, 11) is 2.39. The fourth-order valence-corrected chi connectivity index (χ4v) is 2.12. The lowest BCUT2D eigenvalue weighted by Gasteiger charge is -2.30. The van der Waals surface area contributed by atoms with Crippen LogP contribution in [0.2, 0.25) is 0 Å². The molecule has 1 unspecified atom stereocenters. The Hall–Kier alpha value is -2.64. The summed E-state index contributed by atoms with van der Waals surface area (Å²) >= 11 is 0. The molecule has 1 amide bonds. The zero-order valence-electron chi connectivity index (χ0n) is 12.4. The van der Waals surface area contributed by atoms with E-state index in [0.717, 1.165) is 7.05 Å². The minimum absolute atomic E-state index is 0.0307. The first-order chi connectivity index (χ1) is 10.8. The number of alkyl halides is 3. The number of methoxy groups -OCH3 is 1.